The lowest BCUT2D eigenvalue weighted by Gasteiger charge is -2.31. The summed E-state index contributed by atoms with van der Waals surface area (Å²) in [6, 6.07) is -0.218. The summed E-state index contributed by atoms with van der Waals surface area (Å²) < 4.78 is 32.1. The first kappa shape index (κ1) is 13.4. The van der Waals surface area contributed by atoms with Gasteiger partial charge in [-0.25, -0.2) is 0 Å². The van der Waals surface area contributed by atoms with Gasteiger partial charge in [-0.3, -0.25) is 9.59 Å². The minimum atomic E-state index is -3.60. The van der Waals surface area contributed by atoms with E-state index in [0.717, 1.165) is 0 Å². The van der Waals surface area contributed by atoms with Crippen molar-refractivity contribution in [2.75, 3.05) is 13.1 Å². The third-order valence-corrected chi connectivity index (χ3v) is 4.89. The fourth-order valence-electron chi connectivity index (χ4n) is 2.28. The Labute approximate surface area is 106 Å². The highest BCUT2D eigenvalue weighted by Crippen LogP contribution is 2.32. The molecule has 0 amide bonds. The number of hydrogen-bond donors (Lipinski definition) is 1. The molecule has 0 aromatic carbocycles. The van der Waals surface area contributed by atoms with E-state index in [4.69, 9.17) is 0 Å². The van der Waals surface area contributed by atoms with Gasteiger partial charge in [0.25, 0.3) is 10.2 Å². The van der Waals surface area contributed by atoms with Gasteiger partial charge in [-0.1, -0.05) is 0 Å². The minimum Gasteiger partial charge on any atom is -0.393 e. The summed E-state index contributed by atoms with van der Waals surface area (Å²) >= 11 is 0. The fraction of sp³-hybridized carbons (Fsp3) is 0.800. The van der Waals surface area contributed by atoms with Crippen LogP contribution in [0.3, 0.4) is 0 Å². The number of piperidine rings is 1. The third kappa shape index (κ3) is 2.40. The Morgan fingerprint density at radius 3 is 2.50 bits per heavy atom. The van der Waals surface area contributed by atoms with Gasteiger partial charge in [0.1, 0.15) is 0 Å². The summed E-state index contributed by atoms with van der Waals surface area (Å²) in [5.41, 5.74) is 0. The fourth-order valence-corrected chi connectivity index (χ4v) is 3.73. The topological polar surface area (TPSA) is 92.8 Å². The second-order valence-corrected chi connectivity index (χ2v) is 6.58. The van der Waals surface area contributed by atoms with Crippen molar-refractivity contribution < 1.29 is 22.7 Å². The molecular weight excluding hydrogens is 260 g/mol. The largest absolute Gasteiger partial charge is 0.393 e. The van der Waals surface area contributed by atoms with Crippen LogP contribution in [0, 0.1) is 11.8 Å². The van der Waals surface area contributed by atoms with Crippen molar-refractivity contribution in [3.05, 3.63) is 0 Å². The summed E-state index contributed by atoms with van der Waals surface area (Å²) in [7, 11) is -3.60. The molecule has 0 aliphatic carbocycles. The Bertz CT molecular complexity index is 473. The maximum absolute atomic E-state index is 12.0. The highest BCUT2D eigenvalue weighted by molar-refractivity contribution is 7.87. The van der Waals surface area contributed by atoms with E-state index in [2.05, 4.69) is 9.46 Å². The number of hydrogen-bond acceptors (Lipinski definition) is 5. The maximum Gasteiger partial charge on any atom is 0.318 e. The number of ether oxygens (including phenoxy) is 1. The predicted molar refractivity (Wildman–Crippen MR) is 61.5 cm³/mol. The maximum atomic E-state index is 12.0. The quantitative estimate of drug-likeness (QED) is 0.541. The first-order valence-corrected chi connectivity index (χ1v) is 7.28. The molecule has 0 aromatic rings. The normalized spacial score (nSPS) is 29.5. The molecule has 18 heavy (non-hydrogen) atoms. The molecule has 2 saturated heterocycles. The van der Waals surface area contributed by atoms with Crippen LogP contribution in [-0.2, 0) is 24.5 Å². The van der Waals surface area contributed by atoms with Crippen molar-refractivity contribution in [2.24, 2.45) is 11.8 Å². The molecule has 0 spiro atoms. The summed E-state index contributed by atoms with van der Waals surface area (Å²) in [6.07, 6.45) is 0.328. The van der Waals surface area contributed by atoms with Crippen LogP contribution >= 0.6 is 0 Å². The van der Waals surface area contributed by atoms with Crippen LogP contribution in [0.25, 0.3) is 0 Å². The molecule has 2 fully saturated rings. The third-order valence-electron chi connectivity index (χ3n) is 3.11. The Morgan fingerprint density at radius 1 is 1.28 bits per heavy atom. The van der Waals surface area contributed by atoms with Gasteiger partial charge < -0.3 is 4.74 Å². The highest BCUT2D eigenvalue weighted by Gasteiger charge is 2.49. The Morgan fingerprint density at radius 2 is 1.89 bits per heavy atom. The molecule has 0 aromatic heterocycles. The summed E-state index contributed by atoms with van der Waals surface area (Å²) in [4.78, 5) is 22.8. The molecule has 102 valence electrons. The van der Waals surface area contributed by atoms with Gasteiger partial charge in [0, 0.05) is 19.1 Å². The molecule has 0 radical (unpaired) electrons. The molecule has 2 aliphatic rings. The zero-order valence-electron chi connectivity index (χ0n) is 10.3. The highest BCUT2D eigenvalue weighted by atomic mass is 32.2. The molecular formula is C10H16N2O5S. The molecule has 2 heterocycles. The number of cyclic esters (lactones) is 2. The van der Waals surface area contributed by atoms with E-state index in [0.29, 0.717) is 6.42 Å². The number of carbonyl (C=O) groups is 2. The van der Waals surface area contributed by atoms with Crippen molar-refractivity contribution in [1.29, 1.82) is 0 Å². The second kappa shape index (κ2) is 4.60. The van der Waals surface area contributed by atoms with Crippen LogP contribution < -0.4 is 4.72 Å². The zero-order valence-corrected chi connectivity index (χ0v) is 11.1. The van der Waals surface area contributed by atoms with Gasteiger partial charge in [-0.15, -0.1) is 0 Å². The van der Waals surface area contributed by atoms with Crippen LogP contribution in [0.2, 0.25) is 0 Å². The lowest BCUT2D eigenvalue weighted by Crippen LogP contribution is -2.50. The lowest BCUT2D eigenvalue weighted by molar-refractivity contribution is -0.153. The second-order valence-electron chi connectivity index (χ2n) is 4.88. The standard InChI is InChI=1S/C10H16N2O5S/c1-6(2)11-18(15,16)12-4-3-7-8(5-12)10(14)17-9(7)13/h6-8,11H,3-5H2,1-2H3. The SMILES string of the molecule is CC(C)NS(=O)(=O)N1CCC2C(=O)OC(=O)C2C1. The lowest BCUT2D eigenvalue weighted by atomic mass is 9.89. The van der Waals surface area contributed by atoms with Gasteiger partial charge in [-0.05, 0) is 20.3 Å². The molecule has 8 heteroatoms. The van der Waals surface area contributed by atoms with Crippen molar-refractivity contribution in [1.82, 2.24) is 9.03 Å². The minimum absolute atomic E-state index is 0.0112. The van der Waals surface area contributed by atoms with Crippen LogP contribution in [0.5, 0.6) is 0 Å². The van der Waals surface area contributed by atoms with Gasteiger partial charge >= 0.3 is 11.9 Å². The molecule has 2 unspecified atom stereocenters. The van der Waals surface area contributed by atoms with Crippen LogP contribution in [0.15, 0.2) is 0 Å². The van der Waals surface area contributed by atoms with E-state index in [1.54, 1.807) is 13.8 Å². The van der Waals surface area contributed by atoms with Crippen molar-refractivity contribution >= 4 is 22.1 Å². The van der Waals surface area contributed by atoms with Gasteiger partial charge in [0.05, 0.1) is 11.8 Å². The van der Waals surface area contributed by atoms with E-state index < -0.39 is 34.0 Å². The number of nitrogens with one attached hydrogen (secondary N) is 1. The molecule has 0 saturated carbocycles. The average molecular weight is 276 g/mol. The first-order chi connectivity index (χ1) is 8.31. The smallest absolute Gasteiger partial charge is 0.318 e. The van der Waals surface area contributed by atoms with E-state index in [1.807, 2.05) is 0 Å². The van der Waals surface area contributed by atoms with Gasteiger partial charge in [0.2, 0.25) is 0 Å². The monoisotopic (exact) mass is 276 g/mol. The average Bonchev–Trinajstić information content (AvgIpc) is 2.53. The first-order valence-electron chi connectivity index (χ1n) is 5.84. The summed E-state index contributed by atoms with van der Waals surface area (Å²) in [5, 5.41) is 0. The van der Waals surface area contributed by atoms with Crippen molar-refractivity contribution in [3.8, 4) is 0 Å². The number of nitrogens with zero attached hydrogens (tertiary/aromatic N) is 1. The van der Waals surface area contributed by atoms with Crippen LogP contribution in [0.1, 0.15) is 20.3 Å². The van der Waals surface area contributed by atoms with Gasteiger partial charge in [-0.2, -0.15) is 17.4 Å². The van der Waals surface area contributed by atoms with Crippen molar-refractivity contribution in [2.45, 2.75) is 26.3 Å². The van der Waals surface area contributed by atoms with Crippen LogP contribution in [-0.4, -0.2) is 43.8 Å². The molecule has 1 N–H and O–H groups in total. The van der Waals surface area contributed by atoms with E-state index in [9.17, 15) is 18.0 Å². The number of rotatable bonds is 3. The Kier molecular flexibility index (Phi) is 3.43. The number of carbonyl (C=O) groups excluding carboxylic acids is 2. The predicted octanol–water partition coefficient (Wildman–Crippen LogP) is -0.749. The van der Waals surface area contributed by atoms with E-state index in [-0.39, 0.29) is 19.1 Å². The summed E-state index contributed by atoms with van der Waals surface area (Å²) in [5.74, 6) is -2.29. The molecule has 2 atom stereocenters. The molecule has 2 rings (SSSR count). The Balaban J connectivity index is 2.12. The Hall–Kier alpha value is -0.990. The van der Waals surface area contributed by atoms with E-state index in [1.165, 1.54) is 4.31 Å². The number of fused-ring (bicyclic) bond motifs is 1. The van der Waals surface area contributed by atoms with Crippen molar-refractivity contribution in [3.63, 3.8) is 0 Å². The van der Waals surface area contributed by atoms with Gasteiger partial charge in [0.15, 0.2) is 0 Å². The van der Waals surface area contributed by atoms with Crippen LogP contribution in [0.4, 0.5) is 0 Å². The number of esters is 2. The molecule has 0 bridgehead atoms. The zero-order chi connectivity index (χ0) is 13.5. The van der Waals surface area contributed by atoms with E-state index >= 15 is 0 Å². The summed E-state index contributed by atoms with van der Waals surface area (Å²) in [6.45, 7) is 3.68. The molecule has 7 nitrogen and oxygen atoms in total. The molecule has 2 aliphatic heterocycles.